The lowest BCUT2D eigenvalue weighted by molar-refractivity contribution is -0.0964. The molecule has 1 amide bonds. The quantitative estimate of drug-likeness (QED) is 0.336. The Morgan fingerprint density at radius 2 is 2.12 bits per heavy atom. The molecule has 0 radical (unpaired) electrons. The highest BCUT2D eigenvalue weighted by Gasteiger charge is 2.30. The van der Waals surface area contributed by atoms with E-state index in [2.05, 4.69) is 25.2 Å². The molecule has 2 aromatic carbocycles. The van der Waals surface area contributed by atoms with Crippen molar-refractivity contribution in [3.05, 3.63) is 54.2 Å². The summed E-state index contributed by atoms with van der Waals surface area (Å²) in [5.41, 5.74) is -0.454. The molecular weight excluding hydrogens is 472 g/mol. The summed E-state index contributed by atoms with van der Waals surface area (Å²) >= 11 is 4.77. The van der Waals surface area contributed by atoms with Gasteiger partial charge in [0.1, 0.15) is 12.4 Å². The van der Waals surface area contributed by atoms with Crippen LogP contribution >= 0.6 is 11.6 Å². The van der Waals surface area contributed by atoms with E-state index in [9.17, 15) is 18.7 Å². The van der Waals surface area contributed by atoms with Crippen LogP contribution in [0.15, 0.2) is 48.7 Å². The Balaban J connectivity index is 1.49. The van der Waals surface area contributed by atoms with Crippen LogP contribution in [0, 0.1) is 0 Å². The molecule has 1 atom stereocenters. The molecule has 1 aliphatic rings. The molecule has 1 aliphatic heterocycles. The van der Waals surface area contributed by atoms with E-state index < -0.39 is 11.5 Å². The van der Waals surface area contributed by atoms with Crippen LogP contribution < -0.4 is 14.8 Å². The van der Waals surface area contributed by atoms with Crippen LogP contribution in [-0.2, 0) is 0 Å². The second-order valence-corrected chi connectivity index (χ2v) is 8.07. The van der Waals surface area contributed by atoms with E-state index in [0.29, 0.717) is 47.1 Å². The first-order valence-electron chi connectivity index (χ1n) is 10.3. The van der Waals surface area contributed by atoms with Gasteiger partial charge in [-0.1, -0.05) is 0 Å². The molecular formula is C22H18ClF2N5O4. The van der Waals surface area contributed by atoms with Crippen molar-refractivity contribution in [1.29, 1.82) is 0 Å². The Hall–Kier alpha value is -3.70. The molecule has 5 rings (SSSR count). The Morgan fingerprint density at radius 3 is 2.79 bits per heavy atom. The van der Waals surface area contributed by atoms with E-state index in [1.165, 1.54) is 24.3 Å². The minimum Gasteiger partial charge on any atom is -0.462 e. The molecule has 0 fully saturated rings. The van der Waals surface area contributed by atoms with Crippen LogP contribution in [0.25, 0.3) is 22.3 Å². The second kappa shape index (κ2) is 8.58. The number of alkyl halides is 3. The van der Waals surface area contributed by atoms with Crippen LogP contribution in [0.5, 0.6) is 11.8 Å². The summed E-state index contributed by atoms with van der Waals surface area (Å²) in [4.78, 5) is 17.6. The number of halogens is 3. The first-order chi connectivity index (χ1) is 16.3. The molecule has 0 bridgehead atoms. The number of H-pyrrole nitrogens is 1. The zero-order chi connectivity index (χ0) is 23.9. The maximum Gasteiger partial charge on any atom is 0.487 e. The van der Waals surface area contributed by atoms with Crippen molar-refractivity contribution in [2.75, 3.05) is 18.5 Å². The third kappa shape index (κ3) is 4.27. The molecule has 12 heteroatoms. The SMILES string of the molecule is O=C(Nc1ccc(OC(F)(F)Cl)cc1)c1cc(-c2ccn[nH]2)c2c(c1)nc1n2[C@@H](CCO)CO1. The lowest BCUT2D eigenvalue weighted by atomic mass is 10.0. The van der Waals surface area contributed by atoms with Gasteiger partial charge in [0.05, 0.1) is 22.8 Å². The van der Waals surface area contributed by atoms with E-state index >= 15 is 0 Å². The van der Waals surface area contributed by atoms with E-state index in [0.717, 1.165) is 5.52 Å². The summed E-state index contributed by atoms with van der Waals surface area (Å²) in [5.74, 6) is -0.578. The summed E-state index contributed by atoms with van der Waals surface area (Å²) in [6.07, 6.45) is 2.10. The van der Waals surface area contributed by atoms with Crippen LogP contribution in [-0.4, -0.2) is 49.5 Å². The maximum absolute atomic E-state index is 13.0. The van der Waals surface area contributed by atoms with Crippen molar-refractivity contribution >= 4 is 34.2 Å². The number of ether oxygens (including phenoxy) is 2. The molecule has 0 saturated carbocycles. The van der Waals surface area contributed by atoms with Crippen molar-refractivity contribution in [3.8, 4) is 23.0 Å². The molecule has 4 aromatic rings. The number of carbonyl (C=O) groups excluding carboxylic acids is 1. The summed E-state index contributed by atoms with van der Waals surface area (Å²) in [6.45, 7) is 0.401. The van der Waals surface area contributed by atoms with E-state index in [-0.39, 0.29) is 18.4 Å². The van der Waals surface area contributed by atoms with Crippen LogP contribution in [0.3, 0.4) is 0 Å². The molecule has 176 valence electrons. The van der Waals surface area contributed by atoms with E-state index in [1.807, 2.05) is 4.57 Å². The van der Waals surface area contributed by atoms with Gasteiger partial charge in [-0.05, 0) is 48.9 Å². The highest BCUT2D eigenvalue weighted by atomic mass is 35.5. The van der Waals surface area contributed by atoms with Crippen molar-refractivity contribution in [2.45, 2.75) is 18.0 Å². The van der Waals surface area contributed by atoms with Crippen molar-refractivity contribution in [2.24, 2.45) is 0 Å². The lowest BCUT2D eigenvalue weighted by Gasteiger charge is -2.14. The number of nitrogens with zero attached hydrogens (tertiary/aromatic N) is 3. The van der Waals surface area contributed by atoms with Gasteiger partial charge in [0, 0.05) is 41.2 Å². The Labute approximate surface area is 196 Å². The minimum atomic E-state index is -3.83. The number of aromatic nitrogens is 4. The third-order valence-electron chi connectivity index (χ3n) is 5.38. The predicted octanol–water partition coefficient (Wildman–Crippen LogP) is 4.16. The molecule has 0 spiro atoms. The van der Waals surface area contributed by atoms with Gasteiger partial charge in [0.2, 0.25) is 0 Å². The normalized spacial score (nSPS) is 15.2. The number of imidazole rings is 1. The van der Waals surface area contributed by atoms with Gasteiger partial charge >= 0.3 is 5.57 Å². The molecule has 34 heavy (non-hydrogen) atoms. The van der Waals surface area contributed by atoms with Gasteiger partial charge in [-0.15, -0.1) is 8.78 Å². The molecule has 2 aromatic heterocycles. The predicted molar refractivity (Wildman–Crippen MR) is 119 cm³/mol. The fourth-order valence-corrected chi connectivity index (χ4v) is 4.03. The van der Waals surface area contributed by atoms with Gasteiger partial charge in [0.25, 0.3) is 11.9 Å². The number of hydrogen-bond donors (Lipinski definition) is 3. The van der Waals surface area contributed by atoms with Crippen LogP contribution in [0.4, 0.5) is 14.5 Å². The van der Waals surface area contributed by atoms with Crippen molar-refractivity contribution < 1.29 is 28.2 Å². The largest absolute Gasteiger partial charge is 0.487 e. The Morgan fingerprint density at radius 1 is 1.32 bits per heavy atom. The number of nitrogens with one attached hydrogen (secondary N) is 2. The second-order valence-electron chi connectivity index (χ2n) is 7.63. The van der Waals surface area contributed by atoms with Crippen LogP contribution in [0.2, 0.25) is 0 Å². The van der Waals surface area contributed by atoms with Crippen molar-refractivity contribution in [3.63, 3.8) is 0 Å². The van der Waals surface area contributed by atoms with E-state index in [4.69, 9.17) is 16.3 Å². The van der Waals surface area contributed by atoms with Gasteiger partial charge in [-0.2, -0.15) is 10.1 Å². The first-order valence-corrected chi connectivity index (χ1v) is 10.7. The smallest absolute Gasteiger partial charge is 0.462 e. The number of aliphatic hydroxyl groups is 1. The highest BCUT2D eigenvalue weighted by molar-refractivity contribution is 6.20. The summed E-state index contributed by atoms with van der Waals surface area (Å²) in [5, 5.41) is 19.1. The molecule has 3 N–H and O–H groups in total. The monoisotopic (exact) mass is 489 g/mol. The zero-order valence-corrected chi connectivity index (χ0v) is 18.2. The molecule has 3 heterocycles. The number of aromatic amines is 1. The average Bonchev–Trinajstić information content (AvgIpc) is 3.51. The Bertz CT molecular complexity index is 1340. The number of benzene rings is 2. The Kier molecular flexibility index (Phi) is 5.58. The number of fused-ring (bicyclic) bond motifs is 3. The zero-order valence-electron chi connectivity index (χ0n) is 17.5. The molecule has 9 nitrogen and oxygen atoms in total. The van der Waals surface area contributed by atoms with Gasteiger partial charge < -0.3 is 19.9 Å². The molecule has 0 unspecified atom stereocenters. The van der Waals surface area contributed by atoms with Crippen LogP contribution in [0.1, 0.15) is 22.8 Å². The fourth-order valence-electron chi connectivity index (χ4n) is 3.94. The van der Waals surface area contributed by atoms with Gasteiger partial charge in [-0.3, -0.25) is 14.5 Å². The van der Waals surface area contributed by atoms with E-state index in [1.54, 1.807) is 24.4 Å². The molecule has 0 aliphatic carbocycles. The van der Waals surface area contributed by atoms with Gasteiger partial charge in [0.15, 0.2) is 0 Å². The number of rotatable bonds is 7. The fraction of sp³-hybridized carbons (Fsp3) is 0.227. The molecule has 0 saturated heterocycles. The van der Waals surface area contributed by atoms with Crippen molar-refractivity contribution in [1.82, 2.24) is 19.7 Å². The maximum atomic E-state index is 13.0. The van der Waals surface area contributed by atoms with Gasteiger partial charge in [-0.25, -0.2) is 0 Å². The minimum absolute atomic E-state index is 0.000610. The standard InChI is InChI=1S/C22H18ClF2N5O4/c23-22(24,25)34-15-3-1-13(2-4-15)27-20(32)12-9-16(17-5-7-26-29-17)19-18(10-12)28-21-30(19)14(6-8-31)11-33-21/h1-5,7,9-10,14,31H,6,8,11H2,(H,26,29)(H,27,32)/t14-/m0/s1. The lowest BCUT2D eigenvalue weighted by Crippen LogP contribution is -2.16. The highest BCUT2D eigenvalue weighted by Crippen LogP contribution is 2.38. The number of hydrogen-bond acceptors (Lipinski definition) is 6. The number of carbonyl (C=O) groups is 1. The topological polar surface area (TPSA) is 114 Å². The summed E-state index contributed by atoms with van der Waals surface area (Å²) < 4.78 is 37.5. The number of anilines is 1. The summed E-state index contributed by atoms with van der Waals surface area (Å²) in [6, 6.07) is 10.8. The summed E-state index contributed by atoms with van der Waals surface area (Å²) in [7, 11) is 0. The number of aliphatic hydroxyl groups excluding tert-OH is 1. The first kappa shape index (κ1) is 22.1. The average molecular weight is 490 g/mol. The number of amides is 1. The third-order valence-corrected chi connectivity index (χ3v) is 5.46.